The van der Waals surface area contributed by atoms with Crippen molar-refractivity contribution in [2.45, 2.75) is 6.61 Å². The number of aliphatic hydroxyl groups is 1. The summed E-state index contributed by atoms with van der Waals surface area (Å²) in [6.07, 6.45) is 0.996. The molecule has 0 unspecified atom stereocenters. The van der Waals surface area contributed by atoms with Gasteiger partial charge in [0.25, 0.3) is 0 Å². The molecule has 0 aliphatic carbocycles. The molecule has 0 aliphatic rings. The molecule has 0 amide bonds. The molecule has 1 aromatic carbocycles. The third kappa shape index (κ3) is 1.92. The number of aliphatic hydroxyl groups excluding tert-OH is 1. The van der Waals surface area contributed by atoms with Gasteiger partial charge in [0.1, 0.15) is 11.6 Å². The number of hydrogen-bond acceptors (Lipinski definition) is 2. The average Bonchev–Trinajstić information content (AvgIpc) is 2.29. The highest BCUT2D eigenvalue weighted by atomic mass is 19.1. The smallest absolute Gasteiger partial charge is 0.142 e. The fraction of sp³-hybridized carbons (Fsp3) is 0.0833. The Morgan fingerprint density at radius 2 is 1.88 bits per heavy atom. The van der Waals surface area contributed by atoms with Gasteiger partial charge in [-0.15, -0.1) is 0 Å². The minimum atomic E-state index is -0.560. The molecular formula is C12H9F2NO. The summed E-state index contributed by atoms with van der Waals surface area (Å²) in [5.41, 5.74) is 0.769. The number of benzene rings is 1. The van der Waals surface area contributed by atoms with Crippen LogP contribution in [0.15, 0.2) is 36.5 Å². The van der Waals surface area contributed by atoms with Crippen LogP contribution in [0.25, 0.3) is 11.1 Å². The van der Waals surface area contributed by atoms with Crippen molar-refractivity contribution in [2.75, 3.05) is 0 Å². The Bertz CT molecular complexity index is 514. The van der Waals surface area contributed by atoms with Crippen molar-refractivity contribution in [3.8, 4) is 11.1 Å². The Morgan fingerprint density at radius 3 is 2.56 bits per heavy atom. The van der Waals surface area contributed by atoms with Gasteiger partial charge in [0, 0.05) is 11.1 Å². The standard InChI is InChI=1S/C12H9F2NO/c13-8-5-10(12(7-16)15-6-8)9-3-1-2-4-11(9)14/h1-6,16H,7H2. The van der Waals surface area contributed by atoms with E-state index in [9.17, 15) is 8.78 Å². The van der Waals surface area contributed by atoms with E-state index in [0.717, 1.165) is 12.3 Å². The topological polar surface area (TPSA) is 33.1 Å². The summed E-state index contributed by atoms with van der Waals surface area (Å²) in [5, 5.41) is 9.05. The molecule has 1 N–H and O–H groups in total. The number of nitrogens with zero attached hydrogens (tertiary/aromatic N) is 1. The van der Waals surface area contributed by atoms with Gasteiger partial charge in [0.15, 0.2) is 0 Å². The molecule has 0 bridgehead atoms. The number of pyridine rings is 1. The molecule has 1 heterocycles. The predicted molar refractivity (Wildman–Crippen MR) is 55.5 cm³/mol. The minimum absolute atomic E-state index is 0.235. The summed E-state index contributed by atoms with van der Waals surface area (Å²) in [5.74, 6) is -1.03. The van der Waals surface area contributed by atoms with Crippen LogP contribution in [0.4, 0.5) is 8.78 Å². The summed E-state index contributed by atoms with van der Waals surface area (Å²) >= 11 is 0. The van der Waals surface area contributed by atoms with E-state index in [4.69, 9.17) is 5.11 Å². The first-order valence-corrected chi connectivity index (χ1v) is 4.72. The normalized spacial score (nSPS) is 10.4. The van der Waals surface area contributed by atoms with E-state index in [-0.39, 0.29) is 23.4 Å². The first-order chi connectivity index (χ1) is 7.72. The Labute approximate surface area is 91.2 Å². The number of halogens is 2. The van der Waals surface area contributed by atoms with Crippen LogP contribution >= 0.6 is 0 Å². The largest absolute Gasteiger partial charge is 0.390 e. The number of rotatable bonds is 2. The van der Waals surface area contributed by atoms with E-state index < -0.39 is 11.6 Å². The van der Waals surface area contributed by atoms with Crippen molar-refractivity contribution in [2.24, 2.45) is 0 Å². The number of hydrogen-bond donors (Lipinski definition) is 1. The van der Waals surface area contributed by atoms with Crippen LogP contribution in [0.5, 0.6) is 0 Å². The summed E-state index contributed by atoms with van der Waals surface area (Å²) in [6, 6.07) is 7.15. The van der Waals surface area contributed by atoms with Gasteiger partial charge in [0.2, 0.25) is 0 Å². The van der Waals surface area contributed by atoms with E-state index >= 15 is 0 Å². The third-order valence-electron chi connectivity index (χ3n) is 2.25. The molecule has 0 atom stereocenters. The quantitative estimate of drug-likeness (QED) is 0.845. The lowest BCUT2D eigenvalue weighted by Crippen LogP contribution is -1.96. The molecule has 0 aliphatic heterocycles. The average molecular weight is 221 g/mol. The zero-order valence-electron chi connectivity index (χ0n) is 8.32. The Kier molecular flexibility index (Phi) is 2.92. The maximum absolute atomic E-state index is 13.5. The molecule has 0 saturated carbocycles. The minimum Gasteiger partial charge on any atom is -0.390 e. The van der Waals surface area contributed by atoms with Gasteiger partial charge in [0.05, 0.1) is 18.5 Å². The summed E-state index contributed by atoms with van der Waals surface area (Å²) in [4.78, 5) is 3.72. The monoisotopic (exact) mass is 221 g/mol. The molecule has 2 nitrogen and oxygen atoms in total. The fourth-order valence-electron chi connectivity index (χ4n) is 1.51. The van der Waals surface area contributed by atoms with Gasteiger partial charge in [-0.25, -0.2) is 8.78 Å². The van der Waals surface area contributed by atoms with Crippen molar-refractivity contribution in [1.29, 1.82) is 0 Å². The molecule has 0 saturated heterocycles. The van der Waals surface area contributed by atoms with E-state index in [1.165, 1.54) is 12.1 Å². The molecule has 0 fully saturated rings. The maximum atomic E-state index is 13.5. The highest BCUT2D eigenvalue weighted by Crippen LogP contribution is 2.25. The van der Waals surface area contributed by atoms with Crippen LogP contribution in [-0.4, -0.2) is 10.1 Å². The van der Waals surface area contributed by atoms with Gasteiger partial charge in [-0.05, 0) is 12.1 Å². The summed E-state index contributed by atoms with van der Waals surface area (Å²) < 4.78 is 26.5. The van der Waals surface area contributed by atoms with Crippen LogP contribution in [0.3, 0.4) is 0 Å². The van der Waals surface area contributed by atoms with E-state index in [0.29, 0.717) is 0 Å². The molecule has 1 aromatic heterocycles. The van der Waals surface area contributed by atoms with Crippen LogP contribution in [-0.2, 0) is 6.61 Å². The lowest BCUT2D eigenvalue weighted by Gasteiger charge is -2.07. The molecule has 4 heteroatoms. The first kappa shape index (κ1) is 10.7. The highest BCUT2D eigenvalue weighted by Gasteiger charge is 2.10. The Morgan fingerprint density at radius 1 is 1.12 bits per heavy atom. The van der Waals surface area contributed by atoms with E-state index in [1.807, 2.05) is 0 Å². The van der Waals surface area contributed by atoms with Crippen LogP contribution in [0.2, 0.25) is 0 Å². The van der Waals surface area contributed by atoms with Crippen molar-refractivity contribution in [3.63, 3.8) is 0 Å². The number of aromatic nitrogens is 1. The maximum Gasteiger partial charge on any atom is 0.142 e. The van der Waals surface area contributed by atoms with Gasteiger partial charge in [-0.1, -0.05) is 18.2 Å². The van der Waals surface area contributed by atoms with E-state index in [2.05, 4.69) is 4.98 Å². The second-order valence-corrected chi connectivity index (χ2v) is 3.29. The van der Waals surface area contributed by atoms with Gasteiger partial charge >= 0.3 is 0 Å². The zero-order chi connectivity index (χ0) is 11.5. The fourth-order valence-corrected chi connectivity index (χ4v) is 1.51. The van der Waals surface area contributed by atoms with Gasteiger partial charge < -0.3 is 5.11 Å². The first-order valence-electron chi connectivity index (χ1n) is 4.72. The van der Waals surface area contributed by atoms with Crippen molar-refractivity contribution < 1.29 is 13.9 Å². The molecule has 2 aromatic rings. The molecule has 16 heavy (non-hydrogen) atoms. The molecule has 82 valence electrons. The van der Waals surface area contributed by atoms with E-state index in [1.54, 1.807) is 12.1 Å². The van der Waals surface area contributed by atoms with Gasteiger partial charge in [-0.3, -0.25) is 4.98 Å². The lowest BCUT2D eigenvalue weighted by atomic mass is 10.0. The van der Waals surface area contributed by atoms with Crippen molar-refractivity contribution >= 4 is 0 Å². The summed E-state index contributed by atoms with van der Waals surface area (Å²) in [7, 11) is 0. The lowest BCUT2D eigenvalue weighted by molar-refractivity contribution is 0.277. The van der Waals surface area contributed by atoms with Crippen LogP contribution in [0, 0.1) is 11.6 Å². The third-order valence-corrected chi connectivity index (χ3v) is 2.25. The van der Waals surface area contributed by atoms with Crippen molar-refractivity contribution in [1.82, 2.24) is 4.98 Å². The summed E-state index contributed by atoms with van der Waals surface area (Å²) in [6.45, 7) is -0.357. The second kappa shape index (κ2) is 4.37. The second-order valence-electron chi connectivity index (χ2n) is 3.29. The van der Waals surface area contributed by atoms with Crippen molar-refractivity contribution in [3.05, 3.63) is 53.9 Å². The molecule has 2 rings (SSSR count). The Balaban J connectivity index is 2.63. The zero-order valence-corrected chi connectivity index (χ0v) is 8.32. The molecular weight excluding hydrogens is 212 g/mol. The van der Waals surface area contributed by atoms with Gasteiger partial charge in [-0.2, -0.15) is 0 Å². The highest BCUT2D eigenvalue weighted by molar-refractivity contribution is 5.66. The molecule has 0 radical (unpaired) electrons. The molecule has 0 spiro atoms. The SMILES string of the molecule is OCc1ncc(F)cc1-c1ccccc1F. The predicted octanol–water partition coefficient (Wildman–Crippen LogP) is 2.52. The van der Waals surface area contributed by atoms with Crippen LogP contribution in [0.1, 0.15) is 5.69 Å². The van der Waals surface area contributed by atoms with Crippen LogP contribution < -0.4 is 0 Å². The Hall–Kier alpha value is -1.81.